The molecule has 0 aliphatic heterocycles. The lowest BCUT2D eigenvalue weighted by Crippen LogP contribution is -2.21. The predicted octanol–water partition coefficient (Wildman–Crippen LogP) is 4.54. The number of amides is 1. The second-order valence-corrected chi connectivity index (χ2v) is 6.82. The van der Waals surface area contributed by atoms with Gasteiger partial charge in [0.25, 0.3) is 0 Å². The number of esters is 1. The van der Waals surface area contributed by atoms with E-state index >= 15 is 0 Å². The first-order chi connectivity index (χ1) is 13.9. The Morgan fingerprint density at radius 2 is 1.83 bits per heavy atom. The molecule has 0 aromatic heterocycles. The molecule has 2 aromatic rings. The van der Waals surface area contributed by atoms with E-state index < -0.39 is 5.97 Å². The fourth-order valence-corrected chi connectivity index (χ4v) is 2.98. The number of hydrogen-bond donors (Lipinski definition) is 1. The first-order valence-electron chi connectivity index (χ1n) is 9.43. The summed E-state index contributed by atoms with van der Waals surface area (Å²) in [5.74, 6) is -0.688. The zero-order valence-electron chi connectivity index (χ0n) is 16.5. The van der Waals surface area contributed by atoms with E-state index in [1.807, 2.05) is 30.3 Å². The number of nitrogens with one attached hydrogen (secondary N) is 1. The Balaban J connectivity index is 2.37. The van der Waals surface area contributed by atoms with Crippen LogP contribution in [0.1, 0.15) is 48.2 Å². The van der Waals surface area contributed by atoms with Gasteiger partial charge in [-0.2, -0.15) is 0 Å². The Morgan fingerprint density at radius 3 is 2.48 bits per heavy atom. The molecule has 0 spiro atoms. The molecular formula is C23H24ClNO4. The average molecular weight is 414 g/mol. The molecule has 2 rings (SSSR count). The highest BCUT2D eigenvalue weighted by Gasteiger charge is 2.16. The number of benzene rings is 2. The number of ketones is 1. The van der Waals surface area contributed by atoms with Crippen molar-refractivity contribution < 1.29 is 19.1 Å². The van der Waals surface area contributed by atoms with Crippen LogP contribution in [0, 0.1) is 0 Å². The number of carbonyl (C=O) groups is 3. The lowest BCUT2D eigenvalue weighted by Gasteiger charge is -2.11. The fraction of sp³-hybridized carbons (Fsp3) is 0.261. The summed E-state index contributed by atoms with van der Waals surface area (Å²) in [6, 6.07) is 14.1. The van der Waals surface area contributed by atoms with Crippen LogP contribution >= 0.6 is 11.6 Å². The van der Waals surface area contributed by atoms with E-state index in [0.717, 1.165) is 0 Å². The van der Waals surface area contributed by atoms with Crippen LogP contribution in [0.2, 0.25) is 5.02 Å². The van der Waals surface area contributed by atoms with Crippen molar-refractivity contribution in [2.45, 2.75) is 26.7 Å². The molecule has 0 radical (unpaired) electrons. The molecule has 0 bridgehead atoms. The third-order valence-corrected chi connectivity index (χ3v) is 4.38. The number of ether oxygens (including phenoxy) is 1. The molecule has 2 aromatic carbocycles. The third kappa shape index (κ3) is 6.88. The van der Waals surface area contributed by atoms with Crippen LogP contribution in [-0.4, -0.2) is 30.8 Å². The van der Waals surface area contributed by atoms with E-state index in [2.05, 4.69) is 5.32 Å². The summed E-state index contributed by atoms with van der Waals surface area (Å²) < 4.78 is 5.20. The van der Waals surface area contributed by atoms with Crippen LogP contribution in [0.25, 0.3) is 11.6 Å². The van der Waals surface area contributed by atoms with Crippen LogP contribution in [0.4, 0.5) is 0 Å². The number of hydrogen-bond acceptors (Lipinski definition) is 4. The van der Waals surface area contributed by atoms with Crippen molar-refractivity contribution in [1.82, 2.24) is 5.32 Å². The standard InChI is InChI=1S/C23H24ClNO4/c1-3-29-23(28)21(17-8-5-4-6-9-17)15-18-14-19(24)11-12-20(18)22(27)10-7-13-25-16(2)26/h4-6,8-9,11-12,14-15H,3,7,10,13H2,1-2H3,(H,25,26)/b21-15+. The first kappa shape index (κ1) is 22.4. The second kappa shape index (κ2) is 11.2. The highest BCUT2D eigenvalue weighted by Crippen LogP contribution is 2.25. The molecule has 0 aliphatic carbocycles. The summed E-state index contributed by atoms with van der Waals surface area (Å²) in [7, 11) is 0. The maximum atomic E-state index is 12.7. The Hall–Kier alpha value is -2.92. The summed E-state index contributed by atoms with van der Waals surface area (Å²) in [6.45, 7) is 3.85. The Bertz CT molecular complexity index is 906. The van der Waals surface area contributed by atoms with Gasteiger partial charge in [0.1, 0.15) is 0 Å². The van der Waals surface area contributed by atoms with Gasteiger partial charge in [0, 0.05) is 30.5 Å². The molecule has 152 valence electrons. The van der Waals surface area contributed by atoms with Crippen molar-refractivity contribution in [3.63, 3.8) is 0 Å². The van der Waals surface area contributed by atoms with Crippen LogP contribution in [-0.2, 0) is 14.3 Å². The third-order valence-electron chi connectivity index (χ3n) is 4.15. The van der Waals surface area contributed by atoms with Gasteiger partial charge < -0.3 is 10.1 Å². The molecule has 29 heavy (non-hydrogen) atoms. The quantitative estimate of drug-likeness (QED) is 0.215. The summed E-state index contributed by atoms with van der Waals surface area (Å²) in [6.07, 6.45) is 2.43. The van der Waals surface area contributed by atoms with Crippen molar-refractivity contribution in [2.24, 2.45) is 0 Å². The number of Topliss-reactive ketones (excluding diaryl/α,β-unsaturated/α-hetero) is 1. The predicted molar refractivity (Wildman–Crippen MR) is 115 cm³/mol. The Labute approximate surface area is 175 Å². The maximum Gasteiger partial charge on any atom is 0.338 e. The Kier molecular flexibility index (Phi) is 8.62. The van der Waals surface area contributed by atoms with Crippen LogP contribution in [0.3, 0.4) is 0 Å². The van der Waals surface area contributed by atoms with Crippen LogP contribution < -0.4 is 5.32 Å². The molecule has 0 atom stereocenters. The molecule has 6 heteroatoms. The minimum absolute atomic E-state index is 0.0884. The van der Waals surface area contributed by atoms with Gasteiger partial charge >= 0.3 is 5.97 Å². The first-order valence-corrected chi connectivity index (χ1v) is 9.81. The minimum Gasteiger partial charge on any atom is -0.462 e. The van der Waals surface area contributed by atoms with Gasteiger partial charge in [0.05, 0.1) is 12.2 Å². The minimum atomic E-state index is -0.470. The fourth-order valence-electron chi connectivity index (χ4n) is 2.80. The lowest BCUT2D eigenvalue weighted by atomic mass is 9.96. The van der Waals surface area contributed by atoms with E-state index in [1.165, 1.54) is 6.92 Å². The van der Waals surface area contributed by atoms with Gasteiger partial charge in [0.15, 0.2) is 5.78 Å². The zero-order chi connectivity index (χ0) is 21.2. The highest BCUT2D eigenvalue weighted by atomic mass is 35.5. The summed E-state index contributed by atoms with van der Waals surface area (Å²) in [5, 5.41) is 3.13. The molecule has 1 amide bonds. The zero-order valence-corrected chi connectivity index (χ0v) is 17.3. The van der Waals surface area contributed by atoms with Gasteiger partial charge in [-0.25, -0.2) is 4.79 Å². The van der Waals surface area contributed by atoms with Gasteiger partial charge in [-0.15, -0.1) is 0 Å². The molecule has 0 saturated heterocycles. The molecule has 0 saturated carbocycles. The van der Waals surface area contributed by atoms with Gasteiger partial charge in [0.2, 0.25) is 5.91 Å². The van der Waals surface area contributed by atoms with E-state index in [0.29, 0.717) is 40.3 Å². The van der Waals surface area contributed by atoms with Crippen molar-refractivity contribution in [1.29, 1.82) is 0 Å². The van der Waals surface area contributed by atoms with Gasteiger partial charge in [-0.05, 0) is 48.7 Å². The van der Waals surface area contributed by atoms with E-state index in [4.69, 9.17) is 16.3 Å². The van der Waals surface area contributed by atoms with E-state index in [1.54, 1.807) is 31.2 Å². The lowest BCUT2D eigenvalue weighted by molar-refractivity contribution is -0.136. The summed E-state index contributed by atoms with van der Waals surface area (Å²) in [5.41, 5.74) is 2.06. The maximum absolute atomic E-state index is 12.7. The number of halogens is 1. The van der Waals surface area contributed by atoms with Gasteiger partial charge in [-0.3, -0.25) is 9.59 Å². The molecule has 0 fully saturated rings. The van der Waals surface area contributed by atoms with Crippen molar-refractivity contribution in [3.8, 4) is 0 Å². The van der Waals surface area contributed by atoms with E-state index in [-0.39, 0.29) is 24.7 Å². The highest BCUT2D eigenvalue weighted by molar-refractivity contribution is 6.31. The van der Waals surface area contributed by atoms with Crippen molar-refractivity contribution in [3.05, 3.63) is 70.2 Å². The molecule has 5 nitrogen and oxygen atoms in total. The van der Waals surface area contributed by atoms with Crippen LogP contribution in [0.5, 0.6) is 0 Å². The molecular weight excluding hydrogens is 390 g/mol. The Morgan fingerprint density at radius 1 is 1.10 bits per heavy atom. The SMILES string of the molecule is CCOC(=O)/C(=C/c1cc(Cl)ccc1C(=O)CCCNC(C)=O)c1ccccc1. The largest absolute Gasteiger partial charge is 0.462 e. The molecule has 0 unspecified atom stereocenters. The summed E-state index contributed by atoms with van der Waals surface area (Å²) in [4.78, 5) is 36.2. The topological polar surface area (TPSA) is 72.5 Å². The molecule has 0 aliphatic rings. The van der Waals surface area contributed by atoms with Crippen molar-refractivity contribution >= 4 is 40.9 Å². The summed E-state index contributed by atoms with van der Waals surface area (Å²) >= 11 is 6.15. The second-order valence-electron chi connectivity index (χ2n) is 6.39. The number of rotatable bonds is 9. The van der Waals surface area contributed by atoms with Crippen molar-refractivity contribution in [2.75, 3.05) is 13.2 Å². The number of carbonyl (C=O) groups excluding carboxylic acids is 3. The van der Waals surface area contributed by atoms with E-state index in [9.17, 15) is 14.4 Å². The smallest absolute Gasteiger partial charge is 0.338 e. The monoisotopic (exact) mass is 413 g/mol. The van der Waals surface area contributed by atoms with Crippen LogP contribution in [0.15, 0.2) is 48.5 Å². The molecule has 1 N–H and O–H groups in total. The molecule has 0 heterocycles. The average Bonchev–Trinajstić information content (AvgIpc) is 2.70. The van der Waals surface area contributed by atoms with Gasteiger partial charge in [-0.1, -0.05) is 41.9 Å². The normalized spacial score (nSPS) is 11.1.